The van der Waals surface area contributed by atoms with Gasteiger partial charge in [0.1, 0.15) is 5.75 Å². The Morgan fingerprint density at radius 2 is 2.07 bits per heavy atom. The molecule has 0 spiro atoms. The maximum absolute atomic E-state index is 12.2. The van der Waals surface area contributed by atoms with E-state index in [-0.39, 0.29) is 12.3 Å². The summed E-state index contributed by atoms with van der Waals surface area (Å²) in [4.78, 5) is 15.5. The average Bonchev–Trinajstić information content (AvgIpc) is 3.35. The quantitative estimate of drug-likeness (QED) is 0.516. The fraction of sp³-hybridized carbons (Fsp3) is 0.182. The standard InChI is InChI=1S/C22H21N3O3/c1-27-18-6-4-5-15(11-18)21-12-17(25-28-21)13-22(26)23-10-9-16-14-24-20-8-3-2-7-19(16)20/h2-8,11-12,14,24H,9-10,13H2,1H3,(H,23,26). The van der Waals surface area contributed by atoms with Gasteiger partial charge in [-0.15, -0.1) is 0 Å². The lowest BCUT2D eigenvalue weighted by molar-refractivity contribution is -0.120. The summed E-state index contributed by atoms with van der Waals surface area (Å²) in [5.41, 5.74) is 3.76. The molecule has 4 rings (SSSR count). The average molecular weight is 375 g/mol. The van der Waals surface area contributed by atoms with Gasteiger partial charge in [0, 0.05) is 35.3 Å². The largest absolute Gasteiger partial charge is 0.497 e. The predicted octanol–water partition coefficient (Wildman–Crippen LogP) is 3.73. The molecule has 2 heterocycles. The van der Waals surface area contributed by atoms with Gasteiger partial charge in [-0.05, 0) is 30.2 Å². The van der Waals surface area contributed by atoms with Crippen LogP contribution in [0.5, 0.6) is 5.75 Å². The SMILES string of the molecule is COc1cccc(-c2cc(CC(=O)NCCc3c[nH]c4ccccc34)no2)c1. The maximum atomic E-state index is 12.2. The van der Waals surface area contributed by atoms with Crippen LogP contribution in [-0.4, -0.2) is 29.7 Å². The second-order valence-electron chi connectivity index (χ2n) is 6.55. The fourth-order valence-electron chi connectivity index (χ4n) is 3.21. The van der Waals surface area contributed by atoms with Crippen LogP contribution in [0.2, 0.25) is 0 Å². The molecule has 28 heavy (non-hydrogen) atoms. The van der Waals surface area contributed by atoms with Crippen molar-refractivity contribution in [2.45, 2.75) is 12.8 Å². The monoisotopic (exact) mass is 375 g/mol. The van der Waals surface area contributed by atoms with Crippen molar-refractivity contribution >= 4 is 16.8 Å². The van der Waals surface area contributed by atoms with Crippen LogP contribution in [-0.2, 0) is 17.6 Å². The molecule has 0 radical (unpaired) electrons. The highest BCUT2D eigenvalue weighted by Gasteiger charge is 2.11. The topological polar surface area (TPSA) is 80.1 Å². The number of ether oxygens (including phenoxy) is 1. The number of hydrogen-bond acceptors (Lipinski definition) is 4. The van der Waals surface area contributed by atoms with Gasteiger partial charge >= 0.3 is 0 Å². The van der Waals surface area contributed by atoms with E-state index < -0.39 is 0 Å². The highest BCUT2D eigenvalue weighted by molar-refractivity contribution is 5.83. The number of methoxy groups -OCH3 is 1. The van der Waals surface area contributed by atoms with Gasteiger partial charge in [-0.25, -0.2) is 0 Å². The Bertz CT molecular complexity index is 1100. The number of benzene rings is 2. The molecule has 0 aliphatic rings. The number of carbonyl (C=O) groups is 1. The minimum atomic E-state index is -0.0784. The van der Waals surface area contributed by atoms with Crippen molar-refractivity contribution < 1.29 is 14.1 Å². The minimum Gasteiger partial charge on any atom is -0.497 e. The molecule has 0 fully saturated rings. The Kier molecular flexibility index (Phi) is 5.10. The smallest absolute Gasteiger partial charge is 0.226 e. The Morgan fingerprint density at radius 1 is 1.18 bits per heavy atom. The van der Waals surface area contributed by atoms with Crippen LogP contribution in [0.4, 0.5) is 0 Å². The maximum Gasteiger partial charge on any atom is 0.226 e. The van der Waals surface area contributed by atoms with Crippen LogP contribution in [0.15, 0.2) is 65.3 Å². The van der Waals surface area contributed by atoms with Gasteiger partial charge in [-0.3, -0.25) is 4.79 Å². The second-order valence-corrected chi connectivity index (χ2v) is 6.55. The normalized spacial score (nSPS) is 10.9. The summed E-state index contributed by atoms with van der Waals surface area (Å²) in [6, 6.07) is 17.5. The summed E-state index contributed by atoms with van der Waals surface area (Å²) in [6.07, 6.45) is 2.94. The molecule has 0 atom stereocenters. The number of aromatic amines is 1. The lowest BCUT2D eigenvalue weighted by Gasteiger charge is -2.03. The number of amides is 1. The summed E-state index contributed by atoms with van der Waals surface area (Å²) < 4.78 is 10.6. The first-order valence-electron chi connectivity index (χ1n) is 9.14. The zero-order valence-corrected chi connectivity index (χ0v) is 15.6. The minimum absolute atomic E-state index is 0.0784. The van der Waals surface area contributed by atoms with E-state index in [4.69, 9.17) is 9.26 Å². The first kappa shape index (κ1) is 17.9. The second kappa shape index (κ2) is 8.00. The zero-order chi connectivity index (χ0) is 19.3. The van der Waals surface area contributed by atoms with Crippen LogP contribution >= 0.6 is 0 Å². The number of aromatic nitrogens is 2. The molecule has 0 aliphatic carbocycles. The van der Waals surface area contributed by atoms with Crippen molar-refractivity contribution in [2.24, 2.45) is 0 Å². The van der Waals surface area contributed by atoms with Gasteiger partial charge in [0.25, 0.3) is 0 Å². The number of para-hydroxylation sites is 1. The van der Waals surface area contributed by atoms with Crippen LogP contribution in [0.3, 0.4) is 0 Å². The van der Waals surface area contributed by atoms with Gasteiger partial charge < -0.3 is 19.6 Å². The van der Waals surface area contributed by atoms with Crippen molar-refractivity contribution in [2.75, 3.05) is 13.7 Å². The third-order valence-corrected chi connectivity index (χ3v) is 4.65. The molecule has 0 bridgehead atoms. The number of nitrogens with one attached hydrogen (secondary N) is 2. The Morgan fingerprint density at radius 3 is 2.96 bits per heavy atom. The highest BCUT2D eigenvalue weighted by atomic mass is 16.5. The number of fused-ring (bicyclic) bond motifs is 1. The number of rotatable bonds is 7. The molecule has 0 unspecified atom stereocenters. The fourth-order valence-corrected chi connectivity index (χ4v) is 3.21. The van der Waals surface area contributed by atoms with Gasteiger partial charge in [-0.2, -0.15) is 0 Å². The zero-order valence-electron chi connectivity index (χ0n) is 15.6. The summed E-state index contributed by atoms with van der Waals surface area (Å²) in [5.74, 6) is 1.27. The van der Waals surface area contributed by atoms with E-state index in [9.17, 15) is 4.79 Å². The molecule has 2 N–H and O–H groups in total. The Hall–Kier alpha value is -3.54. The third kappa shape index (κ3) is 3.91. The van der Waals surface area contributed by atoms with E-state index in [0.29, 0.717) is 18.0 Å². The van der Waals surface area contributed by atoms with Gasteiger partial charge in [0.2, 0.25) is 5.91 Å². The number of H-pyrrole nitrogens is 1. The van der Waals surface area contributed by atoms with Crippen LogP contribution in [0.25, 0.3) is 22.2 Å². The van der Waals surface area contributed by atoms with E-state index in [1.165, 1.54) is 10.9 Å². The van der Waals surface area contributed by atoms with E-state index >= 15 is 0 Å². The van der Waals surface area contributed by atoms with E-state index in [0.717, 1.165) is 23.3 Å². The van der Waals surface area contributed by atoms with Crippen LogP contribution < -0.4 is 10.1 Å². The number of nitrogens with zero attached hydrogens (tertiary/aromatic N) is 1. The van der Waals surface area contributed by atoms with Crippen molar-refractivity contribution in [3.05, 3.63) is 72.1 Å². The lowest BCUT2D eigenvalue weighted by Crippen LogP contribution is -2.27. The summed E-state index contributed by atoms with van der Waals surface area (Å²) in [5, 5.41) is 8.14. The summed E-state index contributed by atoms with van der Waals surface area (Å²) >= 11 is 0. The van der Waals surface area contributed by atoms with Crippen molar-refractivity contribution in [1.29, 1.82) is 0 Å². The molecule has 2 aromatic carbocycles. The van der Waals surface area contributed by atoms with Crippen LogP contribution in [0.1, 0.15) is 11.3 Å². The molecule has 0 saturated heterocycles. The third-order valence-electron chi connectivity index (χ3n) is 4.65. The molecule has 0 aliphatic heterocycles. The molecule has 6 nitrogen and oxygen atoms in total. The molecule has 2 aromatic heterocycles. The van der Waals surface area contributed by atoms with E-state index in [1.807, 2.05) is 48.7 Å². The van der Waals surface area contributed by atoms with Crippen molar-refractivity contribution in [1.82, 2.24) is 15.5 Å². The first-order valence-corrected chi connectivity index (χ1v) is 9.14. The summed E-state index contributed by atoms with van der Waals surface area (Å²) in [7, 11) is 1.62. The summed E-state index contributed by atoms with van der Waals surface area (Å²) in [6.45, 7) is 0.571. The molecule has 1 amide bonds. The lowest BCUT2D eigenvalue weighted by atomic mass is 10.1. The van der Waals surface area contributed by atoms with Gasteiger partial charge in [-0.1, -0.05) is 35.5 Å². The van der Waals surface area contributed by atoms with E-state index in [1.54, 1.807) is 13.2 Å². The Labute approximate surface area is 162 Å². The molecular formula is C22H21N3O3. The van der Waals surface area contributed by atoms with E-state index in [2.05, 4.69) is 21.5 Å². The van der Waals surface area contributed by atoms with Gasteiger partial charge in [0.05, 0.1) is 19.2 Å². The molecular weight excluding hydrogens is 354 g/mol. The molecule has 142 valence electrons. The molecule has 4 aromatic rings. The number of carbonyl (C=O) groups excluding carboxylic acids is 1. The molecule has 6 heteroatoms. The van der Waals surface area contributed by atoms with Crippen molar-refractivity contribution in [3.63, 3.8) is 0 Å². The highest BCUT2D eigenvalue weighted by Crippen LogP contribution is 2.24. The molecule has 0 saturated carbocycles. The van der Waals surface area contributed by atoms with Gasteiger partial charge in [0.15, 0.2) is 5.76 Å². The first-order chi connectivity index (χ1) is 13.7. The van der Waals surface area contributed by atoms with Crippen molar-refractivity contribution in [3.8, 4) is 17.1 Å². The van der Waals surface area contributed by atoms with Crippen LogP contribution in [0, 0.1) is 0 Å². The predicted molar refractivity (Wildman–Crippen MR) is 107 cm³/mol. The number of hydrogen-bond donors (Lipinski definition) is 2. The Balaban J connectivity index is 1.32.